The van der Waals surface area contributed by atoms with E-state index >= 15 is 0 Å². The van der Waals surface area contributed by atoms with E-state index in [0.717, 1.165) is 28.4 Å². The van der Waals surface area contributed by atoms with Crippen molar-refractivity contribution in [3.8, 4) is 6.07 Å². The highest BCUT2D eigenvalue weighted by molar-refractivity contribution is 7.99. The summed E-state index contributed by atoms with van der Waals surface area (Å²) in [5.74, 6) is 0.747. The molecule has 3 rings (SSSR count). The zero-order chi connectivity index (χ0) is 16.1. The predicted octanol–water partition coefficient (Wildman–Crippen LogP) is 4.01. The summed E-state index contributed by atoms with van der Waals surface area (Å²) < 4.78 is 0. The van der Waals surface area contributed by atoms with Gasteiger partial charge in [0.05, 0.1) is 16.6 Å². The van der Waals surface area contributed by atoms with E-state index in [2.05, 4.69) is 21.4 Å². The number of aromatic amines is 1. The molecule has 2 heterocycles. The van der Waals surface area contributed by atoms with Gasteiger partial charge in [-0.15, -0.1) is 11.3 Å². The molecule has 2 N–H and O–H groups in total. The lowest BCUT2D eigenvalue weighted by molar-refractivity contribution is -0.116. The Morgan fingerprint density at radius 3 is 3.09 bits per heavy atom. The summed E-state index contributed by atoms with van der Waals surface area (Å²) in [6, 6.07) is 11.7. The molecule has 0 aliphatic heterocycles. The van der Waals surface area contributed by atoms with Crippen molar-refractivity contribution < 1.29 is 4.79 Å². The van der Waals surface area contributed by atoms with Gasteiger partial charge >= 0.3 is 0 Å². The van der Waals surface area contributed by atoms with E-state index in [-0.39, 0.29) is 5.91 Å². The van der Waals surface area contributed by atoms with Crippen LogP contribution in [-0.2, 0) is 4.79 Å². The number of aromatic nitrogens is 2. The van der Waals surface area contributed by atoms with Gasteiger partial charge < -0.3 is 10.3 Å². The number of benzene rings is 1. The van der Waals surface area contributed by atoms with E-state index in [9.17, 15) is 4.79 Å². The Bertz CT molecular complexity index is 829. The maximum absolute atomic E-state index is 11.9. The second kappa shape index (κ2) is 7.31. The first-order valence-corrected chi connectivity index (χ1v) is 8.98. The molecule has 1 aromatic carbocycles. The lowest BCUT2D eigenvalue weighted by Crippen LogP contribution is -2.11. The molecule has 2 aromatic heterocycles. The lowest BCUT2D eigenvalue weighted by atomic mass is 10.3. The quantitative estimate of drug-likeness (QED) is 0.524. The van der Waals surface area contributed by atoms with Crippen molar-refractivity contribution in [1.29, 1.82) is 5.26 Å². The molecule has 0 saturated heterocycles. The van der Waals surface area contributed by atoms with Crippen LogP contribution in [0, 0.1) is 11.3 Å². The van der Waals surface area contributed by atoms with Crippen molar-refractivity contribution in [2.45, 2.75) is 18.0 Å². The molecule has 5 nitrogen and oxygen atoms in total. The monoisotopic (exact) mass is 342 g/mol. The predicted molar refractivity (Wildman–Crippen MR) is 93.7 cm³/mol. The number of nitrogens with one attached hydrogen (secondary N) is 2. The maximum Gasteiger partial charge on any atom is 0.225 e. The Balaban J connectivity index is 1.44. The number of rotatable bonds is 6. The SMILES string of the molecule is N#Cc1ccsc1NC(=O)CCCSc1nc2ccccc2[nH]1. The third-order valence-electron chi connectivity index (χ3n) is 3.19. The molecule has 0 unspecified atom stereocenters. The van der Waals surface area contributed by atoms with Crippen molar-refractivity contribution >= 4 is 45.0 Å². The lowest BCUT2D eigenvalue weighted by Gasteiger charge is -2.02. The number of imidazole rings is 1. The molecular formula is C16H14N4OS2. The molecule has 0 aliphatic rings. The molecule has 0 fully saturated rings. The second-order valence-corrected chi connectivity index (χ2v) is 6.83. The number of para-hydroxylation sites is 2. The third kappa shape index (κ3) is 3.92. The molecule has 3 aromatic rings. The standard InChI is InChI=1S/C16H14N4OS2/c17-10-11-7-9-22-15(11)20-14(21)6-3-8-23-16-18-12-4-1-2-5-13(12)19-16/h1-2,4-5,7,9H,3,6,8H2,(H,18,19)(H,20,21). The fourth-order valence-corrected chi connectivity index (χ4v) is 3.66. The van der Waals surface area contributed by atoms with E-state index in [1.165, 1.54) is 11.3 Å². The largest absolute Gasteiger partial charge is 0.333 e. The van der Waals surface area contributed by atoms with Crippen molar-refractivity contribution in [2.24, 2.45) is 0 Å². The van der Waals surface area contributed by atoms with Gasteiger partial charge in [-0.25, -0.2) is 4.98 Å². The number of hydrogen-bond acceptors (Lipinski definition) is 5. The molecule has 0 saturated carbocycles. The van der Waals surface area contributed by atoms with Crippen LogP contribution in [-0.4, -0.2) is 21.6 Å². The first-order valence-electron chi connectivity index (χ1n) is 7.11. The summed E-state index contributed by atoms with van der Waals surface area (Å²) in [6.45, 7) is 0. The Morgan fingerprint density at radius 1 is 1.39 bits per heavy atom. The van der Waals surface area contributed by atoms with E-state index in [1.54, 1.807) is 23.2 Å². The highest BCUT2D eigenvalue weighted by Gasteiger charge is 2.08. The average Bonchev–Trinajstić information content (AvgIpc) is 3.17. The Labute approximate surface area is 141 Å². The molecule has 0 atom stereocenters. The molecule has 23 heavy (non-hydrogen) atoms. The fraction of sp³-hybridized carbons (Fsp3) is 0.188. The molecule has 116 valence electrons. The smallest absolute Gasteiger partial charge is 0.225 e. The van der Waals surface area contributed by atoms with Crippen LogP contribution in [0.4, 0.5) is 5.00 Å². The number of anilines is 1. The van der Waals surface area contributed by atoms with Gasteiger partial charge in [0.15, 0.2) is 5.16 Å². The van der Waals surface area contributed by atoms with Gasteiger partial charge in [0, 0.05) is 12.2 Å². The number of fused-ring (bicyclic) bond motifs is 1. The van der Waals surface area contributed by atoms with Crippen LogP contribution in [0.1, 0.15) is 18.4 Å². The second-order valence-electron chi connectivity index (χ2n) is 4.83. The molecular weight excluding hydrogens is 328 g/mol. The highest BCUT2D eigenvalue weighted by atomic mass is 32.2. The summed E-state index contributed by atoms with van der Waals surface area (Å²) in [7, 11) is 0. The number of nitrogens with zero attached hydrogens (tertiary/aromatic N) is 2. The highest BCUT2D eigenvalue weighted by Crippen LogP contribution is 2.23. The van der Waals surface area contributed by atoms with E-state index in [0.29, 0.717) is 17.0 Å². The summed E-state index contributed by atoms with van der Waals surface area (Å²) in [4.78, 5) is 19.6. The van der Waals surface area contributed by atoms with Gasteiger partial charge in [-0.3, -0.25) is 4.79 Å². The minimum absolute atomic E-state index is 0.0610. The number of thioether (sulfide) groups is 1. The molecule has 0 aliphatic carbocycles. The molecule has 0 spiro atoms. The van der Waals surface area contributed by atoms with E-state index in [4.69, 9.17) is 5.26 Å². The number of carbonyl (C=O) groups excluding carboxylic acids is 1. The number of hydrogen-bond donors (Lipinski definition) is 2. The van der Waals surface area contributed by atoms with Crippen molar-refractivity contribution in [1.82, 2.24) is 9.97 Å². The van der Waals surface area contributed by atoms with Gasteiger partial charge in [-0.1, -0.05) is 23.9 Å². The Kier molecular flexibility index (Phi) is 4.95. The Hall–Kier alpha value is -2.30. The number of amides is 1. The van der Waals surface area contributed by atoms with Crippen molar-refractivity contribution in [3.63, 3.8) is 0 Å². The number of thiophene rings is 1. The normalized spacial score (nSPS) is 10.6. The molecule has 7 heteroatoms. The minimum Gasteiger partial charge on any atom is -0.333 e. The van der Waals surface area contributed by atoms with Crippen molar-refractivity contribution in [3.05, 3.63) is 41.3 Å². The number of H-pyrrole nitrogens is 1. The molecule has 0 radical (unpaired) electrons. The number of nitriles is 1. The fourth-order valence-electron chi connectivity index (χ4n) is 2.08. The van der Waals surface area contributed by atoms with Crippen LogP contribution in [0.25, 0.3) is 11.0 Å². The van der Waals surface area contributed by atoms with Crippen molar-refractivity contribution in [2.75, 3.05) is 11.1 Å². The number of carbonyl (C=O) groups is 1. The van der Waals surface area contributed by atoms with Gasteiger partial charge in [-0.05, 0) is 30.0 Å². The first kappa shape index (κ1) is 15.6. The van der Waals surface area contributed by atoms with Gasteiger partial charge in [0.25, 0.3) is 0 Å². The summed E-state index contributed by atoms with van der Waals surface area (Å²) in [5, 5.41) is 15.0. The van der Waals surface area contributed by atoms with Crippen LogP contribution in [0.2, 0.25) is 0 Å². The van der Waals surface area contributed by atoms with Gasteiger partial charge in [0.1, 0.15) is 11.1 Å². The zero-order valence-corrected chi connectivity index (χ0v) is 13.8. The van der Waals surface area contributed by atoms with E-state index < -0.39 is 0 Å². The van der Waals surface area contributed by atoms with Crippen LogP contribution in [0.15, 0.2) is 40.9 Å². The van der Waals surface area contributed by atoms with Crippen LogP contribution in [0.3, 0.4) is 0 Å². The van der Waals surface area contributed by atoms with Gasteiger partial charge in [0.2, 0.25) is 5.91 Å². The van der Waals surface area contributed by atoms with E-state index in [1.807, 2.05) is 24.3 Å². The summed E-state index contributed by atoms with van der Waals surface area (Å²) in [6.07, 6.45) is 1.18. The molecule has 0 bridgehead atoms. The van der Waals surface area contributed by atoms with Crippen LogP contribution in [0.5, 0.6) is 0 Å². The summed E-state index contributed by atoms with van der Waals surface area (Å²) >= 11 is 2.97. The average molecular weight is 342 g/mol. The minimum atomic E-state index is -0.0610. The third-order valence-corrected chi connectivity index (χ3v) is 4.98. The molecule has 1 amide bonds. The maximum atomic E-state index is 11.9. The summed E-state index contributed by atoms with van der Waals surface area (Å²) in [5.41, 5.74) is 2.49. The topological polar surface area (TPSA) is 81.6 Å². The van der Waals surface area contributed by atoms with Crippen LogP contribution >= 0.6 is 23.1 Å². The zero-order valence-electron chi connectivity index (χ0n) is 12.2. The van der Waals surface area contributed by atoms with Gasteiger partial charge in [-0.2, -0.15) is 5.26 Å². The Morgan fingerprint density at radius 2 is 2.26 bits per heavy atom. The first-order chi connectivity index (χ1) is 11.3. The van der Waals surface area contributed by atoms with Crippen LogP contribution < -0.4 is 5.32 Å².